The van der Waals surface area contributed by atoms with Gasteiger partial charge in [0.1, 0.15) is 11.2 Å². The molecule has 0 amide bonds. The van der Waals surface area contributed by atoms with Gasteiger partial charge in [-0.1, -0.05) is 24.3 Å². The Morgan fingerprint density at radius 1 is 1.10 bits per heavy atom. The highest BCUT2D eigenvalue weighted by Gasteiger charge is 2.40. The van der Waals surface area contributed by atoms with Gasteiger partial charge in [0.2, 0.25) is 0 Å². The van der Waals surface area contributed by atoms with Crippen LogP contribution in [0.15, 0.2) is 47.4 Å². The lowest BCUT2D eigenvalue weighted by atomic mass is 9.94. The fourth-order valence-corrected chi connectivity index (χ4v) is 6.77. The molecule has 1 saturated heterocycles. The first-order valence-electron chi connectivity index (χ1n) is 9.98. The topological polar surface area (TPSA) is 49.4 Å². The Hall–Kier alpha value is -1.47. The molecule has 7 heteroatoms. The number of piperidine rings is 1. The molecule has 4 rings (SSSR count). The summed E-state index contributed by atoms with van der Waals surface area (Å²) in [6.07, 6.45) is 2.53. The molecule has 1 fully saturated rings. The number of halogens is 2. The molecule has 2 aromatic carbocycles. The van der Waals surface area contributed by atoms with Crippen LogP contribution in [0.4, 0.5) is 4.39 Å². The van der Waals surface area contributed by atoms with E-state index in [0.717, 1.165) is 38.9 Å². The highest BCUT2D eigenvalue weighted by Crippen LogP contribution is 2.33. The molecule has 2 heterocycles. The van der Waals surface area contributed by atoms with Crippen molar-refractivity contribution in [3.05, 3.63) is 65.0 Å². The van der Waals surface area contributed by atoms with Crippen molar-refractivity contribution < 1.29 is 12.8 Å². The van der Waals surface area contributed by atoms with Crippen LogP contribution in [0.5, 0.6) is 0 Å². The molecule has 2 aromatic rings. The first kappa shape index (κ1) is 22.2. The molecule has 0 aliphatic carbocycles. The molecule has 1 unspecified atom stereocenters. The monoisotopic (exact) mass is 438 g/mol. The second-order valence-electron chi connectivity index (χ2n) is 7.92. The summed E-state index contributed by atoms with van der Waals surface area (Å²) in [6.45, 7) is 4.66. The second kappa shape index (κ2) is 9.13. The number of fused-ring (bicyclic) bond motifs is 1. The van der Waals surface area contributed by atoms with Crippen molar-refractivity contribution in [1.82, 2.24) is 10.2 Å². The van der Waals surface area contributed by atoms with Crippen LogP contribution < -0.4 is 5.32 Å². The van der Waals surface area contributed by atoms with Crippen molar-refractivity contribution in [1.29, 1.82) is 0 Å². The number of nitrogens with zero attached hydrogens (tertiary/aromatic N) is 1. The third-order valence-electron chi connectivity index (χ3n) is 6.08. The lowest BCUT2D eigenvalue weighted by Crippen LogP contribution is -2.50. The molecule has 4 nitrogen and oxygen atoms in total. The number of benzene rings is 2. The molecular weight excluding hydrogens is 411 g/mol. The Morgan fingerprint density at radius 3 is 2.48 bits per heavy atom. The number of sulfone groups is 1. The predicted octanol–water partition coefficient (Wildman–Crippen LogP) is 3.71. The molecule has 0 bridgehead atoms. The molecule has 1 atom stereocenters. The van der Waals surface area contributed by atoms with E-state index in [1.54, 1.807) is 6.92 Å². The van der Waals surface area contributed by atoms with Crippen LogP contribution >= 0.6 is 12.4 Å². The van der Waals surface area contributed by atoms with Gasteiger partial charge in [-0.15, -0.1) is 12.4 Å². The van der Waals surface area contributed by atoms with Gasteiger partial charge in [0, 0.05) is 13.1 Å². The van der Waals surface area contributed by atoms with Gasteiger partial charge in [-0.05, 0) is 80.1 Å². The Morgan fingerprint density at radius 2 is 1.79 bits per heavy atom. The summed E-state index contributed by atoms with van der Waals surface area (Å²) in [4.78, 5) is 2.36. The van der Waals surface area contributed by atoms with E-state index in [-0.39, 0.29) is 29.0 Å². The van der Waals surface area contributed by atoms with Crippen LogP contribution in [0.1, 0.15) is 29.5 Å². The summed E-state index contributed by atoms with van der Waals surface area (Å²) in [5, 5.41) is 2.76. The van der Waals surface area contributed by atoms with Crippen molar-refractivity contribution in [3.8, 4) is 0 Å². The molecular formula is C22H28ClFN2O2S. The zero-order chi connectivity index (χ0) is 19.7. The Balaban J connectivity index is 0.00000240. The largest absolute Gasteiger partial charge is 0.317 e. The molecule has 0 saturated carbocycles. The number of hydrogen-bond donors (Lipinski definition) is 1. The van der Waals surface area contributed by atoms with Crippen molar-refractivity contribution in [2.75, 3.05) is 19.6 Å². The average Bonchev–Trinajstić information content (AvgIpc) is 2.70. The molecule has 29 heavy (non-hydrogen) atoms. The Labute approximate surface area is 178 Å². The fraction of sp³-hybridized carbons (Fsp3) is 0.455. The highest BCUT2D eigenvalue weighted by atomic mass is 35.5. The van der Waals surface area contributed by atoms with Crippen LogP contribution in [0.3, 0.4) is 0 Å². The summed E-state index contributed by atoms with van der Waals surface area (Å²) in [6, 6.07) is 12.4. The predicted molar refractivity (Wildman–Crippen MR) is 116 cm³/mol. The summed E-state index contributed by atoms with van der Waals surface area (Å²) in [5.74, 6) is -0.300. The normalized spacial score (nSPS) is 19.2. The van der Waals surface area contributed by atoms with Crippen molar-refractivity contribution in [2.24, 2.45) is 5.92 Å². The van der Waals surface area contributed by atoms with Crippen LogP contribution in [0.2, 0.25) is 0 Å². The molecule has 2 aliphatic heterocycles. The lowest BCUT2D eigenvalue weighted by molar-refractivity contribution is 0.159. The van der Waals surface area contributed by atoms with Crippen molar-refractivity contribution in [3.63, 3.8) is 0 Å². The van der Waals surface area contributed by atoms with Gasteiger partial charge in [0.05, 0.1) is 4.90 Å². The minimum Gasteiger partial charge on any atom is -0.317 e. The van der Waals surface area contributed by atoms with E-state index >= 15 is 0 Å². The number of rotatable bonds is 4. The van der Waals surface area contributed by atoms with E-state index < -0.39 is 15.2 Å². The fourth-order valence-electron chi connectivity index (χ4n) is 4.55. The Bertz CT molecular complexity index is 961. The first-order valence-corrected chi connectivity index (χ1v) is 11.5. The number of aryl methyl sites for hydroxylation is 1. The maximum absolute atomic E-state index is 13.7. The zero-order valence-electron chi connectivity index (χ0n) is 16.6. The summed E-state index contributed by atoms with van der Waals surface area (Å²) < 4.78 is 41.2. The first-order chi connectivity index (χ1) is 13.5. The van der Waals surface area contributed by atoms with Crippen molar-refractivity contribution in [2.45, 2.75) is 43.0 Å². The van der Waals surface area contributed by atoms with Crippen LogP contribution in [-0.4, -0.2) is 38.3 Å². The smallest absolute Gasteiger partial charge is 0.194 e. The molecule has 1 N–H and O–H groups in total. The molecule has 0 spiro atoms. The van der Waals surface area contributed by atoms with E-state index in [9.17, 15) is 12.8 Å². The van der Waals surface area contributed by atoms with Gasteiger partial charge in [-0.2, -0.15) is 0 Å². The number of nitrogens with one attached hydrogen (secondary N) is 1. The van der Waals surface area contributed by atoms with Crippen LogP contribution in [0.25, 0.3) is 0 Å². The molecule has 2 aliphatic rings. The van der Waals surface area contributed by atoms with Gasteiger partial charge in [-0.3, -0.25) is 4.90 Å². The van der Waals surface area contributed by atoms with E-state index in [4.69, 9.17) is 0 Å². The van der Waals surface area contributed by atoms with Gasteiger partial charge < -0.3 is 5.32 Å². The van der Waals surface area contributed by atoms with E-state index in [1.165, 1.54) is 29.3 Å². The molecule has 0 aromatic heterocycles. The van der Waals surface area contributed by atoms with E-state index in [2.05, 4.69) is 22.3 Å². The number of hydrogen-bond acceptors (Lipinski definition) is 4. The molecule has 0 radical (unpaired) electrons. The van der Waals surface area contributed by atoms with Crippen molar-refractivity contribution >= 4 is 22.2 Å². The minimum atomic E-state index is -3.61. The quantitative estimate of drug-likeness (QED) is 0.739. The van der Waals surface area contributed by atoms with Gasteiger partial charge in [-0.25, -0.2) is 12.8 Å². The third-order valence-corrected chi connectivity index (χ3v) is 8.31. The summed E-state index contributed by atoms with van der Waals surface area (Å²) >= 11 is 0. The zero-order valence-corrected chi connectivity index (χ0v) is 18.2. The average molecular weight is 439 g/mol. The lowest BCUT2D eigenvalue weighted by Gasteiger charge is -2.40. The standard InChI is InChI=1S/C22H27FN2O2S.ClH/c1-16-14-20(6-7-21(16)23)28(26,27)22(18-8-11-24-12-9-18)25-13-10-17-4-2-3-5-19(17)15-25;/h2-7,14,18,22,24H,8-13,15H2,1H3;1H. The van der Waals surface area contributed by atoms with Crippen LogP contribution in [-0.2, 0) is 22.8 Å². The van der Waals surface area contributed by atoms with Gasteiger partial charge in [0.15, 0.2) is 9.84 Å². The highest BCUT2D eigenvalue weighted by molar-refractivity contribution is 7.92. The van der Waals surface area contributed by atoms with E-state index in [0.29, 0.717) is 12.1 Å². The van der Waals surface area contributed by atoms with E-state index in [1.807, 2.05) is 12.1 Å². The maximum atomic E-state index is 13.7. The maximum Gasteiger partial charge on any atom is 0.194 e. The summed E-state index contributed by atoms with van der Waals surface area (Å²) in [7, 11) is -3.61. The third kappa shape index (κ3) is 4.50. The SMILES string of the molecule is Cc1cc(S(=O)(=O)C(C2CCNCC2)N2CCc3ccccc3C2)ccc1F.Cl. The molecule has 158 valence electrons. The van der Waals surface area contributed by atoms with Gasteiger partial charge in [0.25, 0.3) is 0 Å². The summed E-state index contributed by atoms with van der Waals surface area (Å²) in [5.41, 5.74) is 2.88. The Kier molecular flexibility index (Phi) is 6.99. The second-order valence-corrected chi connectivity index (χ2v) is 9.97. The van der Waals surface area contributed by atoms with Crippen LogP contribution in [0, 0.1) is 18.7 Å². The van der Waals surface area contributed by atoms with Gasteiger partial charge >= 0.3 is 0 Å². The minimum absolute atomic E-state index is 0.